The van der Waals surface area contributed by atoms with Crippen LogP contribution >= 0.6 is 0 Å². The molecule has 16 heavy (non-hydrogen) atoms. The van der Waals surface area contributed by atoms with Gasteiger partial charge in [0.05, 0.1) is 0 Å². The van der Waals surface area contributed by atoms with Gasteiger partial charge in [-0.2, -0.15) is 0 Å². The summed E-state index contributed by atoms with van der Waals surface area (Å²) >= 11 is 0. The first-order valence-electron chi connectivity index (χ1n) is 6.50. The van der Waals surface area contributed by atoms with Gasteiger partial charge in [0.15, 0.2) is 5.78 Å². The van der Waals surface area contributed by atoms with Crippen molar-refractivity contribution in [3.63, 3.8) is 0 Å². The molecule has 0 aromatic carbocycles. The number of aromatic nitrogens is 1. The van der Waals surface area contributed by atoms with Crippen LogP contribution < -0.4 is 0 Å². The third-order valence-electron chi connectivity index (χ3n) is 4.41. The summed E-state index contributed by atoms with van der Waals surface area (Å²) in [4.78, 5) is 11.8. The lowest BCUT2D eigenvalue weighted by Crippen LogP contribution is -2.25. The Bertz CT molecular complexity index is 414. The third kappa shape index (κ3) is 1.43. The molecule has 2 nitrogen and oxygen atoms in total. The molecule has 86 valence electrons. The zero-order chi connectivity index (χ0) is 11.1. The fourth-order valence-corrected chi connectivity index (χ4v) is 3.08. The molecule has 1 saturated carbocycles. The van der Waals surface area contributed by atoms with Gasteiger partial charge in [0, 0.05) is 29.9 Å². The number of Topliss-reactive ketones (excluding diaryl/α,β-unsaturated/α-hetero) is 1. The van der Waals surface area contributed by atoms with Crippen LogP contribution in [0.3, 0.4) is 0 Å². The number of hydrogen-bond acceptors (Lipinski definition) is 1. The Morgan fingerprint density at radius 1 is 1.31 bits per heavy atom. The molecule has 0 aliphatic heterocycles. The molecule has 0 radical (unpaired) electrons. The number of ketones is 1. The fourth-order valence-electron chi connectivity index (χ4n) is 3.08. The first-order valence-corrected chi connectivity index (χ1v) is 6.50. The molecule has 1 fully saturated rings. The van der Waals surface area contributed by atoms with E-state index in [1.165, 1.54) is 25.0 Å². The van der Waals surface area contributed by atoms with Gasteiger partial charge in [-0.05, 0) is 44.6 Å². The smallest absolute Gasteiger partial charge is 0.164 e. The van der Waals surface area contributed by atoms with E-state index in [2.05, 4.69) is 17.7 Å². The number of nitrogens with zero attached hydrogens (tertiary/aromatic N) is 1. The zero-order valence-electron chi connectivity index (χ0n) is 9.91. The van der Waals surface area contributed by atoms with Gasteiger partial charge in [-0.3, -0.25) is 4.79 Å². The molecule has 0 N–H and O–H groups in total. The van der Waals surface area contributed by atoms with Gasteiger partial charge in [0.2, 0.25) is 0 Å². The van der Waals surface area contributed by atoms with Gasteiger partial charge >= 0.3 is 0 Å². The largest absolute Gasteiger partial charge is 0.348 e. The predicted octanol–water partition coefficient (Wildman–Crippen LogP) is 3.37. The molecule has 1 aromatic heterocycles. The van der Waals surface area contributed by atoms with Crippen molar-refractivity contribution >= 4 is 5.78 Å². The molecular formula is C14H19NO. The molecular weight excluding hydrogens is 198 g/mol. The molecule has 1 heterocycles. The van der Waals surface area contributed by atoms with E-state index in [0.717, 1.165) is 30.7 Å². The van der Waals surface area contributed by atoms with Gasteiger partial charge in [-0.1, -0.05) is 6.42 Å². The molecule has 0 amide bonds. The average molecular weight is 217 g/mol. The van der Waals surface area contributed by atoms with Crippen molar-refractivity contribution in [1.82, 2.24) is 4.57 Å². The second-order valence-corrected chi connectivity index (χ2v) is 5.29. The van der Waals surface area contributed by atoms with Crippen molar-refractivity contribution in [3.05, 3.63) is 23.5 Å². The lowest BCUT2D eigenvalue weighted by atomic mass is 9.80. The van der Waals surface area contributed by atoms with Crippen LogP contribution in [0, 0.1) is 5.92 Å². The highest BCUT2D eigenvalue weighted by molar-refractivity contribution is 5.98. The summed E-state index contributed by atoms with van der Waals surface area (Å²) in [6.45, 7) is 2.31. The summed E-state index contributed by atoms with van der Waals surface area (Å²) in [5.41, 5.74) is 2.30. The zero-order valence-corrected chi connectivity index (χ0v) is 9.91. The highest BCUT2D eigenvalue weighted by Gasteiger charge is 2.28. The second-order valence-electron chi connectivity index (χ2n) is 5.29. The first kappa shape index (κ1) is 10.1. The van der Waals surface area contributed by atoms with Crippen molar-refractivity contribution in [2.24, 2.45) is 5.92 Å². The van der Waals surface area contributed by atoms with E-state index in [0.29, 0.717) is 11.8 Å². The van der Waals surface area contributed by atoms with Gasteiger partial charge in [-0.15, -0.1) is 0 Å². The molecule has 0 saturated heterocycles. The molecule has 1 aromatic rings. The lowest BCUT2D eigenvalue weighted by molar-refractivity contribution is 0.0971. The SMILES string of the molecule is CC(C1CCC1)n1ccc2c1CCCC2=O. The van der Waals surface area contributed by atoms with E-state index in [9.17, 15) is 4.79 Å². The van der Waals surface area contributed by atoms with Crippen molar-refractivity contribution in [2.75, 3.05) is 0 Å². The van der Waals surface area contributed by atoms with Crippen LogP contribution in [-0.4, -0.2) is 10.4 Å². The van der Waals surface area contributed by atoms with Crippen LogP contribution in [0.2, 0.25) is 0 Å². The minimum Gasteiger partial charge on any atom is -0.348 e. The van der Waals surface area contributed by atoms with Crippen molar-refractivity contribution in [3.8, 4) is 0 Å². The monoisotopic (exact) mass is 217 g/mol. The third-order valence-corrected chi connectivity index (χ3v) is 4.41. The van der Waals surface area contributed by atoms with Crippen molar-refractivity contribution < 1.29 is 4.79 Å². The van der Waals surface area contributed by atoms with E-state index in [-0.39, 0.29) is 0 Å². The Kier molecular flexibility index (Phi) is 2.38. The molecule has 0 bridgehead atoms. The lowest BCUT2D eigenvalue weighted by Gasteiger charge is -2.34. The molecule has 2 aliphatic carbocycles. The summed E-state index contributed by atoms with van der Waals surface area (Å²) in [6.07, 6.45) is 9.12. The normalized spacial score (nSPS) is 22.7. The summed E-state index contributed by atoms with van der Waals surface area (Å²) in [7, 11) is 0. The Morgan fingerprint density at radius 2 is 2.12 bits per heavy atom. The molecule has 1 atom stereocenters. The molecule has 0 spiro atoms. The maximum atomic E-state index is 11.8. The van der Waals surface area contributed by atoms with Crippen LogP contribution in [0.25, 0.3) is 0 Å². The van der Waals surface area contributed by atoms with E-state index >= 15 is 0 Å². The molecule has 2 heteroatoms. The predicted molar refractivity (Wildman–Crippen MR) is 63.8 cm³/mol. The van der Waals surface area contributed by atoms with Crippen LogP contribution in [0.5, 0.6) is 0 Å². The Morgan fingerprint density at radius 3 is 2.81 bits per heavy atom. The van der Waals surface area contributed by atoms with Crippen LogP contribution in [0.4, 0.5) is 0 Å². The van der Waals surface area contributed by atoms with Crippen molar-refractivity contribution in [1.29, 1.82) is 0 Å². The van der Waals surface area contributed by atoms with E-state index in [1.54, 1.807) is 0 Å². The van der Waals surface area contributed by atoms with Crippen LogP contribution in [0.1, 0.15) is 61.1 Å². The molecule has 2 aliphatic rings. The maximum Gasteiger partial charge on any atom is 0.164 e. The second kappa shape index (κ2) is 3.76. The number of fused-ring (bicyclic) bond motifs is 1. The average Bonchev–Trinajstić information content (AvgIpc) is 2.59. The van der Waals surface area contributed by atoms with Gasteiger partial charge in [0.25, 0.3) is 0 Å². The van der Waals surface area contributed by atoms with Gasteiger partial charge in [-0.25, -0.2) is 0 Å². The van der Waals surface area contributed by atoms with E-state index in [4.69, 9.17) is 0 Å². The first-order chi connectivity index (χ1) is 7.77. The van der Waals surface area contributed by atoms with E-state index < -0.39 is 0 Å². The Balaban J connectivity index is 1.92. The standard InChI is InChI=1S/C14H19NO/c1-10(11-4-2-5-11)15-9-8-12-13(15)6-3-7-14(12)16/h8-11H,2-7H2,1H3. The fraction of sp³-hybridized carbons (Fsp3) is 0.643. The minimum atomic E-state index is 0.348. The highest BCUT2D eigenvalue weighted by atomic mass is 16.1. The number of carbonyl (C=O) groups excluding carboxylic acids is 1. The molecule has 1 unspecified atom stereocenters. The molecule has 3 rings (SSSR count). The summed E-state index contributed by atoms with van der Waals surface area (Å²) in [6, 6.07) is 2.62. The number of rotatable bonds is 2. The summed E-state index contributed by atoms with van der Waals surface area (Å²) in [5.74, 6) is 1.19. The van der Waals surface area contributed by atoms with Gasteiger partial charge < -0.3 is 4.57 Å². The number of hydrogen-bond donors (Lipinski definition) is 0. The summed E-state index contributed by atoms with van der Waals surface area (Å²) < 4.78 is 2.37. The maximum absolute atomic E-state index is 11.8. The van der Waals surface area contributed by atoms with Crippen molar-refractivity contribution in [2.45, 2.75) is 51.5 Å². The highest BCUT2D eigenvalue weighted by Crippen LogP contribution is 2.38. The topological polar surface area (TPSA) is 22.0 Å². The minimum absolute atomic E-state index is 0.348. The quantitative estimate of drug-likeness (QED) is 0.744. The number of carbonyl (C=O) groups is 1. The van der Waals surface area contributed by atoms with Gasteiger partial charge in [0.1, 0.15) is 0 Å². The van der Waals surface area contributed by atoms with E-state index in [1.807, 2.05) is 6.07 Å². The summed E-state index contributed by atoms with van der Waals surface area (Å²) in [5, 5.41) is 0. The Labute approximate surface area is 96.6 Å². The van der Waals surface area contributed by atoms with Crippen LogP contribution in [-0.2, 0) is 6.42 Å². The van der Waals surface area contributed by atoms with Crippen LogP contribution in [0.15, 0.2) is 12.3 Å². The Hall–Kier alpha value is -1.05.